The van der Waals surface area contributed by atoms with E-state index in [9.17, 15) is 9.50 Å². The van der Waals surface area contributed by atoms with Gasteiger partial charge in [-0.05, 0) is 37.1 Å². The summed E-state index contributed by atoms with van der Waals surface area (Å²) in [5.74, 6) is -0.0648. The van der Waals surface area contributed by atoms with Crippen molar-refractivity contribution in [1.82, 2.24) is 0 Å². The third kappa shape index (κ3) is 2.99. The Kier molecular flexibility index (Phi) is 4.40. The molecule has 0 radical (unpaired) electrons. The van der Waals surface area contributed by atoms with Crippen molar-refractivity contribution in [2.45, 2.75) is 26.4 Å². The highest BCUT2D eigenvalue weighted by Crippen LogP contribution is 2.30. The minimum atomic E-state index is -0.924. The smallest absolute Gasteiger partial charge is 0.132 e. The van der Waals surface area contributed by atoms with Gasteiger partial charge in [-0.1, -0.05) is 29.8 Å². The van der Waals surface area contributed by atoms with Crippen molar-refractivity contribution < 1.29 is 14.2 Å². The highest BCUT2D eigenvalue weighted by Gasteiger charge is 2.19. The van der Waals surface area contributed by atoms with E-state index in [1.807, 2.05) is 32.0 Å². The fourth-order valence-corrected chi connectivity index (χ4v) is 2.35. The molecule has 3 heteroatoms. The number of benzene rings is 2. The average molecular weight is 274 g/mol. The van der Waals surface area contributed by atoms with Crippen LogP contribution in [-0.2, 0) is 6.42 Å². The van der Waals surface area contributed by atoms with E-state index in [1.54, 1.807) is 12.1 Å². The highest BCUT2D eigenvalue weighted by molar-refractivity contribution is 5.38. The molecule has 0 aromatic heterocycles. The van der Waals surface area contributed by atoms with Gasteiger partial charge in [0, 0.05) is 6.42 Å². The van der Waals surface area contributed by atoms with E-state index >= 15 is 0 Å². The predicted octanol–water partition coefficient (Wildman–Crippen LogP) is 3.73. The van der Waals surface area contributed by atoms with Gasteiger partial charge in [-0.25, -0.2) is 4.39 Å². The zero-order valence-electron chi connectivity index (χ0n) is 12.0. The third-order valence-corrected chi connectivity index (χ3v) is 3.48. The van der Waals surface area contributed by atoms with E-state index in [0.717, 1.165) is 16.7 Å². The van der Waals surface area contributed by atoms with E-state index in [1.165, 1.54) is 13.2 Å². The van der Waals surface area contributed by atoms with Gasteiger partial charge < -0.3 is 9.84 Å². The third-order valence-electron chi connectivity index (χ3n) is 3.48. The molecule has 1 unspecified atom stereocenters. The van der Waals surface area contributed by atoms with Crippen LogP contribution in [0, 0.1) is 19.7 Å². The number of aryl methyl sites for hydroxylation is 2. The Bertz CT molecular complexity index is 608. The van der Waals surface area contributed by atoms with Crippen molar-refractivity contribution in [2.75, 3.05) is 7.11 Å². The summed E-state index contributed by atoms with van der Waals surface area (Å²) < 4.78 is 19.1. The summed E-state index contributed by atoms with van der Waals surface area (Å²) >= 11 is 0. The molecule has 0 saturated heterocycles. The van der Waals surface area contributed by atoms with Crippen molar-refractivity contribution in [2.24, 2.45) is 0 Å². The Morgan fingerprint density at radius 3 is 2.65 bits per heavy atom. The van der Waals surface area contributed by atoms with Crippen LogP contribution in [0.3, 0.4) is 0 Å². The average Bonchev–Trinajstić information content (AvgIpc) is 2.42. The van der Waals surface area contributed by atoms with Gasteiger partial charge in [-0.3, -0.25) is 0 Å². The second-order valence-electron chi connectivity index (χ2n) is 5.01. The summed E-state index contributed by atoms with van der Waals surface area (Å²) in [6.07, 6.45) is -0.559. The molecule has 0 aliphatic rings. The normalized spacial score (nSPS) is 12.2. The van der Waals surface area contributed by atoms with Gasteiger partial charge in [0.1, 0.15) is 11.6 Å². The Labute approximate surface area is 118 Å². The highest BCUT2D eigenvalue weighted by atomic mass is 19.1. The van der Waals surface area contributed by atoms with Crippen molar-refractivity contribution in [3.8, 4) is 5.75 Å². The number of hydrogen-bond acceptors (Lipinski definition) is 2. The van der Waals surface area contributed by atoms with Crippen molar-refractivity contribution in [3.05, 3.63) is 64.5 Å². The van der Waals surface area contributed by atoms with E-state index in [0.29, 0.717) is 12.2 Å². The topological polar surface area (TPSA) is 29.5 Å². The van der Waals surface area contributed by atoms with Crippen LogP contribution in [0.4, 0.5) is 4.39 Å². The molecule has 0 amide bonds. The van der Waals surface area contributed by atoms with E-state index in [4.69, 9.17) is 4.74 Å². The lowest BCUT2D eigenvalue weighted by Crippen LogP contribution is -2.08. The van der Waals surface area contributed by atoms with Gasteiger partial charge in [-0.15, -0.1) is 0 Å². The first-order valence-corrected chi connectivity index (χ1v) is 6.59. The molecule has 2 nitrogen and oxygen atoms in total. The van der Waals surface area contributed by atoms with Gasteiger partial charge in [0.25, 0.3) is 0 Å². The van der Waals surface area contributed by atoms with Crippen LogP contribution in [0.15, 0.2) is 36.4 Å². The molecule has 0 saturated carbocycles. The molecule has 1 atom stereocenters. The summed E-state index contributed by atoms with van der Waals surface area (Å²) in [6, 6.07) is 10.6. The Balaban J connectivity index is 2.33. The SMILES string of the molecule is COc1cccc(F)c1C(O)Cc1cc(C)ccc1C. The van der Waals surface area contributed by atoms with Crippen molar-refractivity contribution >= 4 is 0 Å². The quantitative estimate of drug-likeness (QED) is 0.920. The summed E-state index contributed by atoms with van der Waals surface area (Å²) in [7, 11) is 1.48. The minimum absolute atomic E-state index is 0.218. The Hall–Kier alpha value is -1.87. The summed E-state index contributed by atoms with van der Waals surface area (Å²) in [5.41, 5.74) is 3.45. The molecule has 0 aliphatic heterocycles. The number of aliphatic hydroxyl groups is 1. The number of aliphatic hydroxyl groups excluding tert-OH is 1. The first kappa shape index (κ1) is 14.5. The largest absolute Gasteiger partial charge is 0.496 e. The van der Waals surface area contributed by atoms with E-state index in [-0.39, 0.29) is 5.56 Å². The lowest BCUT2D eigenvalue weighted by atomic mass is 9.96. The van der Waals surface area contributed by atoms with Crippen molar-refractivity contribution in [1.29, 1.82) is 0 Å². The summed E-state index contributed by atoms with van der Waals surface area (Å²) in [5, 5.41) is 10.4. The first-order valence-electron chi connectivity index (χ1n) is 6.59. The summed E-state index contributed by atoms with van der Waals surface area (Å²) in [6.45, 7) is 3.99. The number of ether oxygens (including phenoxy) is 1. The van der Waals surface area contributed by atoms with Crippen LogP contribution in [0.1, 0.15) is 28.4 Å². The van der Waals surface area contributed by atoms with Crippen LogP contribution in [0.2, 0.25) is 0 Å². The van der Waals surface area contributed by atoms with Gasteiger partial charge in [0.2, 0.25) is 0 Å². The van der Waals surface area contributed by atoms with Crippen molar-refractivity contribution in [3.63, 3.8) is 0 Å². The Morgan fingerprint density at radius 2 is 1.95 bits per heavy atom. The second-order valence-corrected chi connectivity index (χ2v) is 5.01. The standard InChI is InChI=1S/C17H19FO2/c1-11-7-8-12(2)13(9-11)10-15(19)17-14(18)5-4-6-16(17)20-3/h4-9,15,19H,10H2,1-3H3. The van der Waals surface area contributed by atoms with Crippen LogP contribution >= 0.6 is 0 Å². The molecule has 0 spiro atoms. The van der Waals surface area contributed by atoms with Gasteiger partial charge >= 0.3 is 0 Å². The number of rotatable bonds is 4. The maximum absolute atomic E-state index is 13.9. The van der Waals surface area contributed by atoms with Crippen LogP contribution in [-0.4, -0.2) is 12.2 Å². The zero-order chi connectivity index (χ0) is 14.7. The maximum atomic E-state index is 13.9. The summed E-state index contributed by atoms with van der Waals surface area (Å²) in [4.78, 5) is 0. The molecule has 2 rings (SSSR count). The molecule has 0 bridgehead atoms. The number of methoxy groups -OCH3 is 1. The molecule has 20 heavy (non-hydrogen) atoms. The molecule has 2 aromatic rings. The monoisotopic (exact) mass is 274 g/mol. The predicted molar refractivity (Wildman–Crippen MR) is 77.5 cm³/mol. The zero-order valence-corrected chi connectivity index (χ0v) is 12.0. The Morgan fingerprint density at radius 1 is 1.20 bits per heavy atom. The number of hydrogen-bond donors (Lipinski definition) is 1. The van der Waals surface area contributed by atoms with Gasteiger partial charge in [0.05, 0.1) is 18.8 Å². The molecular formula is C17H19FO2. The van der Waals surface area contributed by atoms with Gasteiger partial charge in [0.15, 0.2) is 0 Å². The second kappa shape index (κ2) is 6.06. The van der Waals surface area contributed by atoms with Crippen LogP contribution in [0.25, 0.3) is 0 Å². The van der Waals surface area contributed by atoms with Crippen LogP contribution < -0.4 is 4.74 Å². The molecule has 106 valence electrons. The number of halogens is 1. The molecule has 0 heterocycles. The minimum Gasteiger partial charge on any atom is -0.496 e. The fraction of sp³-hybridized carbons (Fsp3) is 0.294. The van der Waals surface area contributed by atoms with Gasteiger partial charge in [-0.2, -0.15) is 0 Å². The lowest BCUT2D eigenvalue weighted by molar-refractivity contribution is 0.168. The fourth-order valence-electron chi connectivity index (χ4n) is 2.35. The van der Waals surface area contributed by atoms with E-state index in [2.05, 4.69) is 0 Å². The molecule has 0 aliphatic carbocycles. The molecule has 2 aromatic carbocycles. The lowest BCUT2D eigenvalue weighted by Gasteiger charge is -2.17. The molecule has 0 fully saturated rings. The van der Waals surface area contributed by atoms with Crippen LogP contribution in [0.5, 0.6) is 5.75 Å². The molecular weight excluding hydrogens is 255 g/mol. The molecule has 1 N–H and O–H groups in total. The first-order chi connectivity index (χ1) is 9.52. The maximum Gasteiger partial charge on any atom is 0.132 e. The van der Waals surface area contributed by atoms with E-state index < -0.39 is 11.9 Å².